The van der Waals surface area contributed by atoms with Crippen LogP contribution >= 0.6 is 0 Å². The summed E-state index contributed by atoms with van der Waals surface area (Å²) in [5.74, 6) is -2.96. The van der Waals surface area contributed by atoms with Gasteiger partial charge in [0.15, 0.2) is 0 Å². The van der Waals surface area contributed by atoms with Crippen molar-refractivity contribution in [2.75, 3.05) is 12.4 Å². The quantitative estimate of drug-likeness (QED) is 0.366. The topological polar surface area (TPSA) is 76.0 Å². The molecule has 12 heteroatoms. The van der Waals surface area contributed by atoms with Gasteiger partial charge in [-0.3, -0.25) is 4.98 Å². The van der Waals surface area contributed by atoms with Gasteiger partial charge in [0.2, 0.25) is 0 Å². The maximum absolute atomic E-state index is 14.3. The predicted octanol–water partition coefficient (Wildman–Crippen LogP) is 5.03. The van der Waals surface area contributed by atoms with Crippen molar-refractivity contribution in [2.24, 2.45) is 0 Å². The second kappa shape index (κ2) is 8.69. The van der Waals surface area contributed by atoms with Crippen molar-refractivity contribution in [3.05, 3.63) is 83.8 Å². The fourth-order valence-electron chi connectivity index (χ4n) is 3.50. The Balaban J connectivity index is 1.82. The Morgan fingerprint density at radius 2 is 1.82 bits per heavy atom. The number of hydrogen-bond donors (Lipinski definition) is 2. The summed E-state index contributed by atoms with van der Waals surface area (Å²) in [5, 5.41) is 6.05. The fraction of sp³-hybridized carbons (Fsp3) is 0.136. The maximum Gasteiger partial charge on any atom is 0.419 e. The van der Waals surface area contributed by atoms with Crippen LogP contribution < -0.4 is 10.6 Å². The highest BCUT2D eigenvalue weighted by molar-refractivity contribution is 7.90. The Morgan fingerprint density at radius 3 is 2.47 bits per heavy atom. The molecule has 0 aliphatic carbocycles. The van der Waals surface area contributed by atoms with E-state index in [1.165, 1.54) is 42.9 Å². The molecule has 0 aliphatic rings. The van der Waals surface area contributed by atoms with Gasteiger partial charge >= 0.3 is 6.18 Å². The summed E-state index contributed by atoms with van der Waals surface area (Å²) in [4.78, 5) is 3.78. The molecule has 2 N–H and O–H groups in total. The number of rotatable bonds is 6. The number of anilines is 2. The molecule has 2 aromatic heterocycles. The molecular weight excluding hydrogens is 479 g/mol. The molecule has 6 nitrogen and oxygen atoms in total. The van der Waals surface area contributed by atoms with Gasteiger partial charge in [0.05, 0.1) is 16.8 Å². The van der Waals surface area contributed by atoms with Crippen molar-refractivity contribution in [1.82, 2.24) is 14.3 Å². The second-order valence-electron chi connectivity index (χ2n) is 7.34. The average Bonchev–Trinajstić information content (AvgIpc) is 3.15. The summed E-state index contributed by atoms with van der Waals surface area (Å²) < 4.78 is 94.2. The predicted molar refractivity (Wildman–Crippen MR) is 116 cm³/mol. The van der Waals surface area contributed by atoms with E-state index in [0.717, 1.165) is 3.97 Å². The van der Waals surface area contributed by atoms with Gasteiger partial charge in [-0.15, -0.1) is 0 Å². The van der Waals surface area contributed by atoms with Gasteiger partial charge in [-0.25, -0.2) is 21.2 Å². The first kappa shape index (κ1) is 23.6. The summed E-state index contributed by atoms with van der Waals surface area (Å²) in [6, 6.07) is 7.78. The van der Waals surface area contributed by atoms with Gasteiger partial charge in [-0.2, -0.15) is 13.2 Å². The summed E-state index contributed by atoms with van der Waals surface area (Å²) in [6.07, 6.45) is -0.987. The van der Waals surface area contributed by atoms with E-state index in [2.05, 4.69) is 15.6 Å². The Hall–Kier alpha value is -3.51. The highest BCUT2D eigenvalue weighted by Gasteiger charge is 2.35. The van der Waals surface area contributed by atoms with E-state index in [9.17, 15) is 30.4 Å². The molecule has 2 aromatic carbocycles. The Labute approximate surface area is 191 Å². The van der Waals surface area contributed by atoms with Gasteiger partial charge in [0.25, 0.3) is 10.0 Å². The molecular formula is C22H17F5N4O2S. The number of nitrogens with zero attached hydrogens (tertiary/aromatic N) is 2. The van der Waals surface area contributed by atoms with Gasteiger partial charge < -0.3 is 10.6 Å². The van der Waals surface area contributed by atoms with E-state index in [-0.39, 0.29) is 22.2 Å². The minimum absolute atomic E-state index is 0.0582. The van der Waals surface area contributed by atoms with Crippen molar-refractivity contribution in [1.29, 1.82) is 0 Å². The smallest absolute Gasteiger partial charge is 0.353 e. The van der Waals surface area contributed by atoms with E-state index in [0.29, 0.717) is 23.6 Å². The number of benzene rings is 2. The first-order chi connectivity index (χ1) is 16.0. The van der Waals surface area contributed by atoms with E-state index in [4.69, 9.17) is 0 Å². The molecule has 0 unspecified atom stereocenters. The van der Waals surface area contributed by atoms with Crippen LogP contribution in [0.2, 0.25) is 0 Å². The van der Waals surface area contributed by atoms with Crippen LogP contribution in [0.25, 0.3) is 10.9 Å². The molecule has 0 amide bonds. The largest absolute Gasteiger partial charge is 0.419 e. The third-order valence-electron chi connectivity index (χ3n) is 5.05. The first-order valence-electron chi connectivity index (χ1n) is 9.80. The van der Waals surface area contributed by atoms with Crippen molar-refractivity contribution < 1.29 is 30.4 Å². The fourth-order valence-corrected chi connectivity index (χ4v) is 4.85. The molecule has 34 heavy (non-hydrogen) atoms. The zero-order valence-electron chi connectivity index (χ0n) is 17.5. The highest BCUT2D eigenvalue weighted by Crippen LogP contribution is 2.35. The minimum atomic E-state index is -5.05. The number of fused-ring (bicyclic) bond motifs is 1. The van der Waals surface area contributed by atoms with Crippen LogP contribution in [0, 0.1) is 11.6 Å². The lowest BCUT2D eigenvalue weighted by Gasteiger charge is -2.13. The van der Waals surface area contributed by atoms with Gasteiger partial charge in [-0.1, -0.05) is 6.07 Å². The molecule has 178 valence electrons. The summed E-state index contributed by atoms with van der Waals surface area (Å²) in [5.41, 5.74) is -1.23. The molecule has 0 radical (unpaired) electrons. The molecule has 4 aromatic rings. The zero-order valence-corrected chi connectivity index (χ0v) is 18.3. The van der Waals surface area contributed by atoms with E-state index in [1.807, 2.05) is 0 Å². The minimum Gasteiger partial charge on any atom is -0.353 e. The second-order valence-corrected chi connectivity index (χ2v) is 9.16. The molecule has 0 saturated heterocycles. The summed E-state index contributed by atoms with van der Waals surface area (Å²) >= 11 is 0. The lowest BCUT2D eigenvalue weighted by atomic mass is 10.1. The molecule has 0 spiro atoms. The van der Waals surface area contributed by atoms with Crippen molar-refractivity contribution in [3.8, 4) is 0 Å². The van der Waals surface area contributed by atoms with Crippen molar-refractivity contribution in [3.63, 3.8) is 0 Å². The lowest BCUT2D eigenvalue weighted by Crippen LogP contribution is -2.12. The van der Waals surface area contributed by atoms with Gasteiger partial charge in [0.1, 0.15) is 16.5 Å². The molecule has 0 saturated carbocycles. The number of halogens is 5. The van der Waals surface area contributed by atoms with Crippen LogP contribution in [0.1, 0.15) is 11.1 Å². The highest BCUT2D eigenvalue weighted by atomic mass is 32.2. The molecule has 0 aliphatic heterocycles. The molecule has 4 rings (SSSR count). The van der Waals surface area contributed by atoms with Crippen LogP contribution in [0.15, 0.2) is 66.0 Å². The van der Waals surface area contributed by atoms with Crippen LogP contribution in [0.4, 0.5) is 33.3 Å². The molecule has 2 heterocycles. The van der Waals surface area contributed by atoms with Gasteiger partial charge in [0, 0.05) is 42.3 Å². The monoisotopic (exact) mass is 496 g/mol. The number of pyridine rings is 1. The third kappa shape index (κ3) is 4.33. The van der Waals surface area contributed by atoms with E-state index >= 15 is 0 Å². The van der Waals surface area contributed by atoms with Crippen molar-refractivity contribution in [2.45, 2.75) is 17.6 Å². The Morgan fingerprint density at radius 1 is 1.06 bits per heavy atom. The normalized spacial score (nSPS) is 12.3. The molecule has 0 bridgehead atoms. The number of nitrogens with one attached hydrogen (secondary N) is 2. The number of aromatic nitrogens is 2. The summed E-state index contributed by atoms with van der Waals surface area (Å²) in [6.45, 7) is 0.345. The van der Waals surface area contributed by atoms with Crippen LogP contribution in [0.3, 0.4) is 0 Å². The zero-order chi connectivity index (χ0) is 24.7. The SMILES string of the molecule is CNCc1cn(S(=O)(=O)c2cccnc2)c2cc(Nc3cc(F)c(C(F)(F)F)cc3F)ccc12. The van der Waals surface area contributed by atoms with Gasteiger partial charge in [-0.05, 0) is 42.9 Å². The van der Waals surface area contributed by atoms with Crippen LogP contribution in [0.5, 0.6) is 0 Å². The lowest BCUT2D eigenvalue weighted by molar-refractivity contribution is -0.140. The standard InChI is InChI=1S/C22H17F5N4O2S/c1-28-10-13-12-31(34(32,33)15-3-2-6-29-11-15)21-7-14(4-5-16(13)21)30-20-9-18(23)17(8-19(20)24)22(25,26)27/h2-9,11-12,28,30H,10H2,1H3. The maximum atomic E-state index is 14.3. The van der Waals surface area contributed by atoms with E-state index in [1.54, 1.807) is 13.1 Å². The molecule has 0 fully saturated rings. The third-order valence-corrected chi connectivity index (χ3v) is 6.71. The van der Waals surface area contributed by atoms with E-state index < -0.39 is 39.1 Å². The Bertz CT molecular complexity index is 1470. The Kier molecular flexibility index (Phi) is 6.04. The van der Waals surface area contributed by atoms with Crippen LogP contribution in [-0.4, -0.2) is 24.4 Å². The average molecular weight is 496 g/mol. The van der Waals surface area contributed by atoms with Crippen LogP contribution in [-0.2, 0) is 22.7 Å². The number of hydrogen-bond acceptors (Lipinski definition) is 5. The van der Waals surface area contributed by atoms with Crippen molar-refractivity contribution >= 4 is 32.3 Å². The first-order valence-corrected chi connectivity index (χ1v) is 11.2. The molecule has 0 atom stereocenters. The summed E-state index contributed by atoms with van der Waals surface area (Å²) in [7, 11) is -2.36. The number of alkyl halides is 3.